The number of aryl methyl sites for hydroxylation is 1. The molecule has 0 amide bonds. The Balaban J connectivity index is 2.43. The van der Waals surface area contributed by atoms with E-state index < -0.39 is 0 Å². The first kappa shape index (κ1) is 14.1. The van der Waals surface area contributed by atoms with E-state index >= 15 is 0 Å². The average Bonchev–Trinajstić information content (AvgIpc) is 2.45. The van der Waals surface area contributed by atoms with Crippen molar-refractivity contribution in [3.63, 3.8) is 0 Å². The van der Waals surface area contributed by atoms with Crippen molar-refractivity contribution in [3.05, 3.63) is 50.6 Å². The molecular weight excluding hydrogens is 276 g/mol. The van der Waals surface area contributed by atoms with Gasteiger partial charge in [0.05, 0.1) is 12.8 Å². The molecule has 1 N–H and O–H groups in total. The molecule has 0 spiro atoms. The van der Waals surface area contributed by atoms with Crippen molar-refractivity contribution < 1.29 is 4.74 Å². The van der Waals surface area contributed by atoms with Crippen LogP contribution in [0.1, 0.15) is 18.2 Å². The van der Waals surface area contributed by atoms with Crippen LogP contribution in [0.5, 0.6) is 5.75 Å². The van der Waals surface area contributed by atoms with Crippen LogP contribution in [0.3, 0.4) is 0 Å². The fraction of sp³-hybridized carbons (Fsp3) is 0.231. The lowest BCUT2D eigenvalue weighted by Crippen LogP contribution is -2.22. The number of aromatic amines is 1. The van der Waals surface area contributed by atoms with Gasteiger partial charge in [0.2, 0.25) is 4.77 Å². The molecule has 0 saturated heterocycles. The van der Waals surface area contributed by atoms with Gasteiger partial charge in [-0.05, 0) is 38.2 Å². The first-order chi connectivity index (χ1) is 9.63. The van der Waals surface area contributed by atoms with Crippen LogP contribution in [0.4, 0.5) is 0 Å². The maximum atomic E-state index is 11.9. The van der Waals surface area contributed by atoms with Crippen LogP contribution in [0.15, 0.2) is 34.2 Å². The minimum Gasteiger partial charge on any atom is -0.493 e. The van der Waals surface area contributed by atoms with Gasteiger partial charge in [-0.15, -0.1) is 0 Å². The predicted octanol–water partition coefficient (Wildman–Crippen LogP) is 1.89. The van der Waals surface area contributed by atoms with Gasteiger partial charge >= 0.3 is 0 Å². The number of benzene rings is 1. The highest BCUT2D eigenvalue weighted by molar-refractivity contribution is 7.71. The quantitative estimate of drug-likeness (QED) is 0.689. The van der Waals surface area contributed by atoms with Crippen molar-refractivity contribution in [2.24, 2.45) is 5.10 Å². The van der Waals surface area contributed by atoms with Crippen LogP contribution >= 0.6 is 12.2 Å². The highest BCUT2D eigenvalue weighted by Crippen LogP contribution is 2.15. The van der Waals surface area contributed by atoms with E-state index in [9.17, 15) is 4.79 Å². The highest BCUT2D eigenvalue weighted by atomic mass is 32.1. The number of hydrogen-bond donors (Lipinski definition) is 1. The molecule has 0 radical (unpaired) electrons. The summed E-state index contributed by atoms with van der Waals surface area (Å²) in [4.78, 5) is 11.9. The summed E-state index contributed by atoms with van der Waals surface area (Å²) in [6, 6.07) is 7.43. The summed E-state index contributed by atoms with van der Waals surface area (Å²) in [5, 5.41) is 10.5. The Bertz CT molecular complexity index is 749. The summed E-state index contributed by atoms with van der Waals surface area (Å²) in [7, 11) is 0. The van der Waals surface area contributed by atoms with Gasteiger partial charge in [-0.2, -0.15) is 14.9 Å². The van der Waals surface area contributed by atoms with Crippen LogP contribution in [0, 0.1) is 11.7 Å². The Morgan fingerprint density at radius 3 is 3.00 bits per heavy atom. The number of ether oxygens (including phenoxy) is 1. The lowest BCUT2D eigenvalue weighted by Gasteiger charge is -2.06. The molecule has 0 atom stereocenters. The normalized spacial score (nSPS) is 10.9. The van der Waals surface area contributed by atoms with E-state index in [1.165, 1.54) is 6.21 Å². The molecule has 0 fully saturated rings. The molecule has 2 aromatic rings. The van der Waals surface area contributed by atoms with Gasteiger partial charge in [0.15, 0.2) is 0 Å². The predicted molar refractivity (Wildman–Crippen MR) is 79.0 cm³/mol. The summed E-state index contributed by atoms with van der Waals surface area (Å²) in [5.41, 5.74) is 0.720. The molecule has 6 nitrogen and oxygen atoms in total. The van der Waals surface area contributed by atoms with Crippen LogP contribution in [-0.4, -0.2) is 27.7 Å². The Morgan fingerprint density at radius 1 is 1.50 bits per heavy atom. The topological polar surface area (TPSA) is 72.3 Å². The zero-order chi connectivity index (χ0) is 14.5. The Labute approximate surface area is 120 Å². The Hall–Kier alpha value is -2.28. The van der Waals surface area contributed by atoms with Gasteiger partial charge < -0.3 is 4.74 Å². The third-order valence-electron chi connectivity index (χ3n) is 2.54. The van der Waals surface area contributed by atoms with Gasteiger partial charge in [-0.25, -0.2) is 0 Å². The van der Waals surface area contributed by atoms with Crippen molar-refractivity contribution in [2.45, 2.75) is 13.8 Å². The summed E-state index contributed by atoms with van der Waals surface area (Å²) in [6.45, 7) is 4.05. The highest BCUT2D eigenvalue weighted by Gasteiger charge is 2.02. The zero-order valence-corrected chi connectivity index (χ0v) is 12.0. The fourth-order valence-corrected chi connectivity index (χ4v) is 1.75. The van der Waals surface area contributed by atoms with E-state index in [0.29, 0.717) is 18.1 Å². The van der Waals surface area contributed by atoms with Crippen molar-refractivity contribution >= 4 is 18.4 Å². The molecular formula is C13H14N4O2S. The number of aromatic nitrogens is 3. The van der Waals surface area contributed by atoms with Crippen molar-refractivity contribution in [1.82, 2.24) is 14.9 Å². The molecule has 0 aliphatic rings. The number of rotatable bonds is 4. The van der Waals surface area contributed by atoms with Gasteiger partial charge in [-0.1, -0.05) is 12.1 Å². The van der Waals surface area contributed by atoms with Crippen molar-refractivity contribution in [3.8, 4) is 5.75 Å². The first-order valence-electron chi connectivity index (χ1n) is 6.08. The van der Waals surface area contributed by atoms with Gasteiger partial charge in [0, 0.05) is 5.56 Å². The SMILES string of the molecule is CCOc1ccccc1/C=N\n1c(=S)[nH]nc(C)c1=O. The maximum Gasteiger partial charge on any atom is 0.296 e. The van der Waals surface area contributed by atoms with E-state index in [1.807, 2.05) is 31.2 Å². The van der Waals surface area contributed by atoms with E-state index in [4.69, 9.17) is 17.0 Å². The second kappa shape index (κ2) is 6.25. The summed E-state index contributed by atoms with van der Waals surface area (Å²) >= 11 is 5.00. The number of para-hydroxylation sites is 1. The number of nitrogens with zero attached hydrogens (tertiary/aromatic N) is 3. The molecule has 0 aliphatic heterocycles. The second-order valence-corrected chi connectivity index (χ2v) is 4.33. The molecule has 7 heteroatoms. The third kappa shape index (κ3) is 3.00. The van der Waals surface area contributed by atoms with E-state index in [0.717, 1.165) is 10.2 Å². The summed E-state index contributed by atoms with van der Waals surface area (Å²) in [5.74, 6) is 0.701. The van der Waals surface area contributed by atoms with E-state index in [2.05, 4.69) is 15.3 Å². The molecule has 1 aromatic heterocycles. The van der Waals surface area contributed by atoms with Crippen molar-refractivity contribution in [2.75, 3.05) is 6.61 Å². The molecule has 0 bridgehead atoms. The minimum absolute atomic E-state index is 0.144. The molecule has 0 aliphatic carbocycles. The van der Waals surface area contributed by atoms with Gasteiger partial charge in [0.1, 0.15) is 11.4 Å². The van der Waals surface area contributed by atoms with Crippen molar-refractivity contribution in [1.29, 1.82) is 0 Å². The largest absolute Gasteiger partial charge is 0.493 e. The minimum atomic E-state index is -0.348. The Kier molecular flexibility index (Phi) is 4.41. The monoisotopic (exact) mass is 290 g/mol. The van der Waals surface area contributed by atoms with Gasteiger partial charge in [0.25, 0.3) is 5.56 Å². The van der Waals surface area contributed by atoms with E-state index in [1.54, 1.807) is 6.92 Å². The van der Waals surface area contributed by atoms with Crippen LogP contribution < -0.4 is 10.3 Å². The second-order valence-electron chi connectivity index (χ2n) is 3.95. The van der Waals surface area contributed by atoms with Crippen LogP contribution in [-0.2, 0) is 0 Å². The average molecular weight is 290 g/mol. The summed E-state index contributed by atoms with van der Waals surface area (Å²) in [6.07, 6.45) is 1.54. The third-order valence-corrected chi connectivity index (χ3v) is 2.81. The van der Waals surface area contributed by atoms with Crippen LogP contribution in [0.25, 0.3) is 0 Å². The maximum absolute atomic E-state index is 11.9. The Morgan fingerprint density at radius 2 is 2.25 bits per heavy atom. The molecule has 104 valence electrons. The number of nitrogens with one attached hydrogen (secondary N) is 1. The molecule has 2 rings (SSSR count). The fourth-order valence-electron chi connectivity index (χ4n) is 1.57. The number of H-pyrrole nitrogens is 1. The lowest BCUT2D eigenvalue weighted by molar-refractivity contribution is 0.340. The lowest BCUT2D eigenvalue weighted by atomic mass is 10.2. The zero-order valence-electron chi connectivity index (χ0n) is 11.2. The molecule has 1 aromatic carbocycles. The molecule has 20 heavy (non-hydrogen) atoms. The number of hydrogen-bond acceptors (Lipinski definition) is 5. The first-order valence-corrected chi connectivity index (χ1v) is 6.49. The molecule has 1 heterocycles. The van der Waals surface area contributed by atoms with E-state index in [-0.39, 0.29) is 10.3 Å². The smallest absolute Gasteiger partial charge is 0.296 e. The molecule has 0 saturated carbocycles. The van der Waals surface area contributed by atoms with Gasteiger partial charge in [-0.3, -0.25) is 9.89 Å². The molecule has 0 unspecified atom stereocenters. The van der Waals surface area contributed by atoms with Crippen LogP contribution in [0.2, 0.25) is 0 Å². The summed E-state index contributed by atoms with van der Waals surface area (Å²) < 4.78 is 6.73. The standard InChI is InChI=1S/C13H14N4O2S/c1-3-19-11-7-5-4-6-10(11)8-14-17-12(18)9(2)15-16-13(17)20/h4-8H,3H2,1-2H3,(H,16,20)/b14-8-.